The highest BCUT2D eigenvalue weighted by molar-refractivity contribution is 5.97. The van der Waals surface area contributed by atoms with E-state index in [-0.39, 0.29) is 5.97 Å². The Morgan fingerprint density at radius 3 is 2.81 bits per heavy atom. The zero-order valence-electron chi connectivity index (χ0n) is 9.74. The van der Waals surface area contributed by atoms with Gasteiger partial charge in [0.2, 0.25) is 0 Å². The number of esters is 1. The molecular formula is C10H14N4O2. The van der Waals surface area contributed by atoms with Gasteiger partial charge >= 0.3 is 5.97 Å². The van der Waals surface area contributed by atoms with E-state index in [2.05, 4.69) is 15.3 Å². The number of hydrogen-bond acceptors (Lipinski definition) is 4. The van der Waals surface area contributed by atoms with Gasteiger partial charge in [0.25, 0.3) is 0 Å². The van der Waals surface area contributed by atoms with Crippen LogP contribution in [0.2, 0.25) is 0 Å². The molecule has 2 aromatic heterocycles. The Morgan fingerprint density at radius 2 is 2.19 bits per heavy atom. The lowest BCUT2D eigenvalue weighted by atomic mass is 10.2. The molecular weight excluding hydrogens is 208 g/mol. The topological polar surface area (TPSA) is 72.3 Å². The standard InChI is InChI=1S/C10H14N4O2/c1-6-7(9(15)16-10(2,3)4)8-12-11-5-14(8)13-6/h5,13H,1-4H3. The van der Waals surface area contributed by atoms with Gasteiger partial charge in [-0.05, 0) is 27.7 Å². The molecule has 0 aliphatic carbocycles. The Labute approximate surface area is 92.6 Å². The summed E-state index contributed by atoms with van der Waals surface area (Å²) in [7, 11) is 0. The summed E-state index contributed by atoms with van der Waals surface area (Å²) in [6.45, 7) is 7.28. The maximum absolute atomic E-state index is 11.9. The Bertz CT molecular complexity index is 532. The first kappa shape index (κ1) is 10.7. The molecule has 0 unspecified atom stereocenters. The second-order valence-electron chi connectivity index (χ2n) is 4.64. The molecule has 2 heterocycles. The Kier molecular flexibility index (Phi) is 2.22. The third-order valence-electron chi connectivity index (χ3n) is 2.04. The van der Waals surface area contributed by atoms with Crippen molar-refractivity contribution in [2.75, 3.05) is 0 Å². The van der Waals surface area contributed by atoms with Crippen LogP contribution in [0.1, 0.15) is 36.8 Å². The number of ether oxygens (including phenoxy) is 1. The smallest absolute Gasteiger partial charge is 0.344 e. The molecule has 0 atom stereocenters. The molecule has 0 aliphatic heterocycles. The number of nitrogens with zero attached hydrogens (tertiary/aromatic N) is 3. The van der Waals surface area contributed by atoms with Gasteiger partial charge in [0, 0.05) is 5.69 Å². The van der Waals surface area contributed by atoms with E-state index < -0.39 is 5.60 Å². The van der Waals surface area contributed by atoms with Crippen molar-refractivity contribution in [1.29, 1.82) is 0 Å². The summed E-state index contributed by atoms with van der Waals surface area (Å²) < 4.78 is 6.89. The predicted molar refractivity (Wildman–Crippen MR) is 57.2 cm³/mol. The largest absolute Gasteiger partial charge is 0.456 e. The molecule has 0 radical (unpaired) electrons. The normalized spacial score (nSPS) is 12.0. The second-order valence-corrected chi connectivity index (χ2v) is 4.64. The minimum absolute atomic E-state index is 0.385. The number of nitrogens with one attached hydrogen (secondary N) is 1. The Hall–Kier alpha value is -1.85. The molecule has 2 aromatic rings. The lowest BCUT2D eigenvalue weighted by molar-refractivity contribution is 0.00708. The number of fused-ring (bicyclic) bond motifs is 1. The van der Waals surface area contributed by atoms with Gasteiger partial charge in [-0.3, -0.25) is 5.10 Å². The summed E-state index contributed by atoms with van der Waals surface area (Å²) in [6.07, 6.45) is 1.51. The van der Waals surface area contributed by atoms with Crippen molar-refractivity contribution < 1.29 is 9.53 Å². The number of rotatable bonds is 1. The van der Waals surface area contributed by atoms with Gasteiger partial charge in [0.15, 0.2) is 5.65 Å². The van der Waals surface area contributed by atoms with Crippen molar-refractivity contribution >= 4 is 11.6 Å². The molecule has 0 spiro atoms. The number of hydrogen-bond donors (Lipinski definition) is 1. The summed E-state index contributed by atoms with van der Waals surface area (Å²) in [4.78, 5) is 11.9. The van der Waals surface area contributed by atoms with Crippen LogP contribution in [0, 0.1) is 6.92 Å². The fourth-order valence-electron chi connectivity index (χ4n) is 1.47. The van der Waals surface area contributed by atoms with Crippen molar-refractivity contribution in [3.63, 3.8) is 0 Å². The first-order chi connectivity index (χ1) is 7.38. The van der Waals surface area contributed by atoms with E-state index in [1.165, 1.54) is 6.33 Å². The van der Waals surface area contributed by atoms with E-state index >= 15 is 0 Å². The number of H-pyrrole nitrogens is 1. The third kappa shape index (κ3) is 1.78. The zero-order valence-corrected chi connectivity index (χ0v) is 9.74. The third-order valence-corrected chi connectivity index (χ3v) is 2.04. The van der Waals surface area contributed by atoms with Gasteiger partial charge in [-0.1, -0.05) is 0 Å². The SMILES string of the molecule is Cc1[nH]n2cnnc2c1C(=O)OC(C)(C)C. The highest BCUT2D eigenvalue weighted by Gasteiger charge is 2.24. The maximum Gasteiger partial charge on any atom is 0.344 e. The molecule has 0 amide bonds. The fraction of sp³-hybridized carbons (Fsp3) is 0.500. The summed E-state index contributed by atoms with van der Waals surface area (Å²) in [5.41, 5.74) is 1.14. The minimum atomic E-state index is -0.516. The number of aromatic amines is 1. The molecule has 0 saturated carbocycles. The van der Waals surface area contributed by atoms with Crippen molar-refractivity contribution in [3.8, 4) is 0 Å². The maximum atomic E-state index is 11.9. The average molecular weight is 222 g/mol. The molecule has 1 N–H and O–H groups in total. The van der Waals surface area contributed by atoms with Crippen LogP contribution in [0.5, 0.6) is 0 Å². The van der Waals surface area contributed by atoms with Gasteiger partial charge < -0.3 is 4.74 Å². The molecule has 0 bridgehead atoms. The van der Waals surface area contributed by atoms with Crippen molar-refractivity contribution in [1.82, 2.24) is 19.8 Å². The molecule has 0 aliphatic rings. The summed E-state index contributed by atoms with van der Waals surface area (Å²) in [5, 5.41) is 10.6. The number of carbonyl (C=O) groups excluding carboxylic acids is 1. The van der Waals surface area contributed by atoms with Crippen molar-refractivity contribution in [3.05, 3.63) is 17.6 Å². The highest BCUT2D eigenvalue weighted by Crippen LogP contribution is 2.17. The van der Waals surface area contributed by atoms with Crippen LogP contribution >= 0.6 is 0 Å². The molecule has 0 saturated heterocycles. The van der Waals surface area contributed by atoms with E-state index in [1.54, 1.807) is 11.4 Å². The van der Waals surface area contributed by atoms with Crippen LogP contribution in [0.15, 0.2) is 6.33 Å². The van der Waals surface area contributed by atoms with Crippen LogP contribution in [0.25, 0.3) is 5.65 Å². The van der Waals surface area contributed by atoms with Crippen molar-refractivity contribution in [2.24, 2.45) is 0 Å². The summed E-state index contributed by atoms with van der Waals surface area (Å²) >= 11 is 0. The fourth-order valence-corrected chi connectivity index (χ4v) is 1.47. The number of aromatic nitrogens is 4. The van der Waals surface area contributed by atoms with Gasteiger partial charge in [0.05, 0.1) is 0 Å². The second kappa shape index (κ2) is 3.33. The van der Waals surface area contributed by atoms with Gasteiger partial charge in [0.1, 0.15) is 17.5 Å². The highest BCUT2D eigenvalue weighted by atomic mass is 16.6. The van der Waals surface area contributed by atoms with E-state index in [0.29, 0.717) is 11.2 Å². The summed E-state index contributed by atoms with van der Waals surface area (Å²) in [5.74, 6) is -0.385. The minimum Gasteiger partial charge on any atom is -0.456 e. The van der Waals surface area contributed by atoms with Crippen LogP contribution in [0.3, 0.4) is 0 Å². The molecule has 16 heavy (non-hydrogen) atoms. The monoisotopic (exact) mass is 222 g/mol. The van der Waals surface area contributed by atoms with Crippen LogP contribution in [-0.2, 0) is 4.74 Å². The number of carbonyl (C=O) groups is 1. The van der Waals surface area contributed by atoms with E-state index in [1.807, 2.05) is 20.8 Å². The molecule has 86 valence electrons. The molecule has 0 aromatic carbocycles. The van der Waals surface area contributed by atoms with Gasteiger partial charge in [-0.25, -0.2) is 9.31 Å². The lowest BCUT2D eigenvalue weighted by Crippen LogP contribution is -2.24. The average Bonchev–Trinajstić information content (AvgIpc) is 2.58. The lowest BCUT2D eigenvalue weighted by Gasteiger charge is -2.19. The predicted octanol–water partition coefficient (Wildman–Crippen LogP) is 1.32. The molecule has 2 rings (SSSR count). The van der Waals surface area contributed by atoms with Crippen LogP contribution in [0.4, 0.5) is 0 Å². The van der Waals surface area contributed by atoms with E-state index in [4.69, 9.17) is 4.74 Å². The van der Waals surface area contributed by atoms with Crippen LogP contribution < -0.4 is 0 Å². The molecule has 0 fully saturated rings. The number of aryl methyl sites for hydroxylation is 1. The van der Waals surface area contributed by atoms with Gasteiger partial charge in [-0.15, -0.1) is 10.2 Å². The van der Waals surface area contributed by atoms with Crippen molar-refractivity contribution in [2.45, 2.75) is 33.3 Å². The van der Waals surface area contributed by atoms with E-state index in [9.17, 15) is 4.79 Å². The first-order valence-electron chi connectivity index (χ1n) is 5.00. The summed E-state index contributed by atoms with van der Waals surface area (Å²) in [6, 6.07) is 0. The Morgan fingerprint density at radius 1 is 1.50 bits per heavy atom. The Balaban J connectivity index is 2.42. The molecule has 6 heteroatoms. The quantitative estimate of drug-likeness (QED) is 0.738. The van der Waals surface area contributed by atoms with Gasteiger partial charge in [-0.2, -0.15) is 0 Å². The molecule has 6 nitrogen and oxygen atoms in total. The van der Waals surface area contributed by atoms with Crippen LogP contribution in [-0.4, -0.2) is 31.4 Å². The zero-order chi connectivity index (χ0) is 11.9. The first-order valence-corrected chi connectivity index (χ1v) is 5.00. The van der Waals surface area contributed by atoms with E-state index in [0.717, 1.165) is 5.69 Å².